The molecular formula is C14H23NO5S. The van der Waals surface area contributed by atoms with Crippen LogP contribution in [0.15, 0.2) is 35.2 Å². The molecule has 120 valence electrons. The van der Waals surface area contributed by atoms with Crippen LogP contribution in [-0.4, -0.2) is 32.1 Å². The Kier molecular flexibility index (Phi) is 8.84. The summed E-state index contributed by atoms with van der Waals surface area (Å²) in [7, 11) is -3.51. The van der Waals surface area contributed by atoms with Crippen LogP contribution in [0.5, 0.6) is 0 Å². The molecule has 0 spiro atoms. The van der Waals surface area contributed by atoms with Gasteiger partial charge >= 0.3 is 5.97 Å². The molecule has 0 bridgehead atoms. The minimum absolute atomic E-state index is 0.164. The SMILES string of the molecule is CC(C)CC(N)C(=O)O.CCOS(=O)(=O)c1ccccc1. The number of aliphatic carboxylic acids is 1. The van der Waals surface area contributed by atoms with Gasteiger partial charge in [0.15, 0.2) is 0 Å². The molecule has 0 saturated heterocycles. The van der Waals surface area contributed by atoms with Gasteiger partial charge in [0.2, 0.25) is 0 Å². The molecular weight excluding hydrogens is 294 g/mol. The lowest BCUT2D eigenvalue weighted by Crippen LogP contribution is -2.31. The Morgan fingerprint density at radius 2 is 1.81 bits per heavy atom. The monoisotopic (exact) mass is 317 g/mol. The summed E-state index contributed by atoms with van der Waals surface area (Å²) in [5.74, 6) is -0.556. The van der Waals surface area contributed by atoms with Crippen molar-refractivity contribution >= 4 is 16.1 Å². The molecule has 3 N–H and O–H groups in total. The Morgan fingerprint density at radius 3 is 2.14 bits per heavy atom. The molecule has 7 heteroatoms. The van der Waals surface area contributed by atoms with E-state index in [1.165, 1.54) is 12.1 Å². The van der Waals surface area contributed by atoms with Gasteiger partial charge in [0.05, 0.1) is 11.5 Å². The standard InChI is InChI=1S/C8H10O3S.C6H13NO2/c1-2-11-12(9,10)8-6-4-3-5-7-8;1-4(2)3-5(7)6(8)9/h3-7H,2H2,1H3;4-5H,3,7H2,1-2H3,(H,8,9). The number of hydrogen-bond donors (Lipinski definition) is 2. The van der Waals surface area contributed by atoms with Crippen LogP contribution < -0.4 is 5.73 Å². The number of benzene rings is 1. The van der Waals surface area contributed by atoms with Crippen molar-refractivity contribution in [1.82, 2.24) is 0 Å². The van der Waals surface area contributed by atoms with Gasteiger partial charge in [-0.25, -0.2) is 0 Å². The predicted molar refractivity (Wildman–Crippen MR) is 80.3 cm³/mol. The molecule has 0 amide bonds. The predicted octanol–water partition coefficient (Wildman–Crippen LogP) is 1.86. The van der Waals surface area contributed by atoms with Crippen molar-refractivity contribution in [2.24, 2.45) is 11.7 Å². The molecule has 1 unspecified atom stereocenters. The van der Waals surface area contributed by atoms with Crippen molar-refractivity contribution in [2.45, 2.75) is 38.1 Å². The molecule has 0 aliphatic rings. The van der Waals surface area contributed by atoms with Gasteiger partial charge in [-0.3, -0.25) is 8.98 Å². The van der Waals surface area contributed by atoms with E-state index in [0.29, 0.717) is 12.3 Å². The number of carboxylic acid groups (broad SMARTS) is 1. The molecule has 1 rings (SSSR count). The first-order valence-electron chi connectivity index (χ1n) is 6.63. The van der Waals surface area contributed by atoms with Gasteiger partial charge in [-0.1, -0.05) is 32.0 Å². The van der Waals surface area contributed by atoms with Gasteiger partial charge in [0, 0.05) is 0 Å². The Hall–Kier alpha value is -1.44. The second kappa shape index (κ2) is 9.49. The molecule has 1 atom stereocenters. The third-order valence-corrected chi connectivity index (χ3v) is 3.74. The van der Waals surface area contributed by atoms with Gasteiger partial charge in [-0.2, -0.15) is 8.42 Å². The lowest BCUT2D eigenvalue weighted by Gasteiger charge is -2.07. The maximum atomic E-state index is 11.2. The minimum Gasteiger partial charge on any atom is -0.480 e. The van der Waals surface area contributed by atoms with Gasteiger partial charge in [0.25, 0.3) is 10.1 Å². The van der Waals surface area contributed by atoms with Crippen LogP contribution in [0.1, 0.15) is 27.2 Å². The third-order valence-electron chi connectivity index (χ3n) is 2.35. The molecule has 0 aromatic heterocycles. The van der Waals surface area contributed by atoms with Crippen LogP contribution in [-0.2, 0) is 19.1 Å². The van der Waals surface area contributed by atoms with E-state index in [1.54, 1.807) is 25.1 Å². The summed E-state index contributed by atoms with van der Waals surface area (Å²) in [6, 6.07) is 7.39. The average molecular weight is 317 g/mol. The zero-order valence-corrected chi connectivity index (χ0v) is 13.3. The molecule has 0 aliphatic carbocycles. The molecule has 21 heavy (non-hydrogen) atoms. The van der Waals surface area contributed by atoms with Gasteiger partial charge in [-0.05, 0) is 31.4 Å². The zero-order valence-electron chi connectivity index (χ0n) is 12.5. The van der Waals surface area contributed by atoms with Crippen LogP contribution in [0.3, 0.4) is 0 Å². The van der Waals surface area contributed by atoms with E-state index in [2.05, 4.69) is 4.18 Å². The topological polar surface area (TPSA) is 107 Å². The summed E-state index contributed by atoms with van der Waals surface area (Å²) in [6.45, 7) is 5.70. The van der Waals surface area contributed by atoms with E-state index in [9.17, 15) is 13.2 Å². The van der Waals surface area contributed by atoms with Crippen LogP contribution in [0.4, 0.5) is 0 Å². The van der Waals surface area contributed by atoms with Crippen LogP contribution in [0.2, 0.25) is 0 Å². The van der Waals surface area contributed by atoms with E-state index in [1.807, 2.05) is 13.8 Å². The van der Waals surface area contributed by atoms with Crippen molar-refractivity contribution in [3.05, 3.63) is 30.3 Å². The lowest BCUT2D eigenvalue weighted by atomic mass is 10.1. The van der Waals surface area contributed by atoms with E-state index >= 15 is 0 Å². The quantitative estimate of drug-likeness (QED) is 0.776. The second-order valence-corrected chi connectivity index (χ2v) is 6.36. The highest BCUT2D eigenvalue weighted by Gasteiger charge is 2.12. The minimum atomic E-state index is -3.51. The van der Waals surface area contributed by atoms with Crippen molar-refractivity contribution < 1.29 is 22.5 Å². The zero-order chi connectivity index (χ0) is 16.5. The summed E-state index contributed by atoms with van der Waals surface area (Å²) < 4.78 is 27.0. The van der Waals surface area contributed by atoms with E-state index in [4.69, 9.17) is 10.8 Å². The molecule has 0 aliphatic heterocycles. The van der Waals surface area contributed by atoms with E-state index in [0.717, 1.165) is 0 Å². The summed E-state index contributed by atoms with van der Waals surface area (Å²) in [5, 5.41) is 8.31. The van der Waals surface area contributed by atoms with Crippen molar-refractivity contribution in [2.75, 3.05) is 6.61 Å². The molecule has 0 heterocycles. The van der Waals surface area contributed by atoms with Crippen LogP contribution in [0.25, 0.3) is 0 Å². The fourth-order valence-corrected chi connectivity index (χ4v) is 2.36. The number of hydrogen-bond acceptors (Lipinski definition) is 5. The summed E-state index contributed by atoms with van der Waals surface area (Å²) in [5.41, 5.74) is 5.22. The summed E-state index contributed by atoms with van der Waals surface area (Å²) >= 11 is 0. The molecule has 0 fully saturated rings. The van der Waals surface area contributed by atoms with Crippen molar-refractivity contribution in [3.63, 3.8) is 0 Å². The highest BCUT2D eigenvalue weighted by atomic mass is 32.2. The molecule has 0 radical (unpaired) electrons. The van der Waals surface area contributed by atoms with E-state index < -0.39 is 22.1 Å². The fraction of sp³-hybridized carbons (Fsp3) is 0.500. The molecule has 1 aromatic carbocycles. The average Bonchev–Trinajstić information content (AvgIpc) is 2.39. The van der Waals surface area contributed by atoms with Gasteiger partial charge < -0.3 is 10.8 Å². The van der Waals surface area contributed by atoms with Gasteiger partial charge in [-0.15, -0.1) is 0 Å². The third kappa shape index (κ3) is 8.44. The van der Waals surface area contributed by atoms with E-state index in [-0.39, 0.29) is 11.5 Å². The lowest BCUT2D eigenvalue weighted by molar-refractivity contribution is -0.138. The van der Waals surface area contributed by atoms with Crippen LogP contribution >= 0.6 is 0 Å². The Bertz CT molecular complexity index is 513. The number of carboxylic acids is 1. The highest BCUT2D eigenvalue weighted by Crippen LogP contribution is 2.10. The normalized spacial score (nSPS) is 12.4. The maximum Gasteiger partial charge on any atom is 0.320 e. The van der Waals surface area contributed by atoms with Crippen molar-refractivity contribution in [1.29, 1.82) is 0 Å². The number of carbonyl (C=O) groups is 1. The molecule has 1 aromatic rings. The Morgan fingerprint density at radius 1 is 1.29 bits per heavy atom. The highest BCUT2D eigenvalue weighted by molar-refractivity contribution is 7.86. The van der Waals surface area contributed by atoms with Crippen molar-refractivity contribution in [3.8, 4) is 0 Å². The Balaban J connectivity index is 0.000000400. The molecule has 0 saturated carbocycles. The first-order valence-corrected chi connectivity index (χ1v) is 8.04. The smallest absolute Gasteiger partial charge is 0.320 e. The first-order chi connectivity index (χ1) is 9.70. The maximum absolute atomic E-state index is 11.2. The summed E-state index contributed by atoms with van der Waals surface area (Å²) in [4.78, 5) is 10.3. The largest absolute Gasteiger partial charge is 0.480 e. The number of nitrogens with two attached hydrogens (primary N) is 1. The number of rotatable bonds is 6. The van der Waals surface area contributed by atoms with Gasteiger partial charge in [0.1, 0.15) is 6.04 Å². The fourth-order valence-electron chi connectivity index (χ4n) is 1.42. The molecule has 6 nitrogen and oxygen atoms in total. The second-order valence-electron chi connectivity index (χ2n) is 4.75. The first kappa shape index (κ1) is 19.6. The Labute approximate surface area is 126 Å². The van der Waals surface area contributed by atoms with Crippen LogP contribution in [0, 0.1) is 5.92 Å². The summed E-state index contributed by atoms with van der Waals surface area (Å²) in [6.07, 6.45) is 0.551.